The van der Waals surface area contributed by atoms with E-state index in [1.807, 2.05) is 6.20 Å². The average Bonchev–Trinajstić information content (AvgIpc) is 2.17. The molecule has 0 fully saturated rings. The molecule has 1 heterocycles. The van der Waals surface area contributed by atoms with Gasteiger partial charge in [-0.15, -0.1) is 0 Å². The maximum atomic E-state index is 4.28. The Morgan fingerprint density at radius 2 is 2.50 bits per heavy atom. The van der Waals surface area contributed by atoms with Crippen molar-refractivity contribution in [3.63, 3.8) is 0 Å². The van der Waals surface area contributed by atoms with Crippen molar-refractivity contribution in [3.05, 3.63) is 12.4 Å². The molecule has 0 aliphatic carbocycles. The Balaban J connectivity index is 2.69. The zero-order valence-corrected chi connectivity index (χ0v) is 5.68. The fourth-order valence-corrected chi connectivity index (χ4v) is 0.653. The molecule has 0 bridgehead atoms. The first-order valence-electron chi connectivity index (χ1n) is 2.59. The first kappa shape index (κ1) is 5.85. The van der Waals surface area contributed by atoms with Crippen LogP contribution in [0, 0.1) is 0 Å². The Morgan fingerprint density at radius 3 is 2.75 bits per heavy atom. The van der Waals surface area contributed by atoms with Crippen molar-refractivity contribution in [2.24, 2.45) is 4.99 Å². The van der Waals surface area contributed by atoms with Crippen LogP contribution < -0.4 is 0 Å². The van der Waals surface area contributed by atoms with Crippen molar-refractivity contribution in [2.75, 3.05) is 6.54 Å². The van der Waals surface area contributed by atoms with Crippen molar-refractivity contribution in [2.45, 2.75) is 6.92 Å². The van der Waals surface area contributed by atoms with Gasteiger partial charge < -0.3 is 0 Å². The highest BCUT2D eigenvalue weighted by atomic mass is 32.1. The highest BCUT2D eigenvalue weighted by Crippen LogP contribution is 2.12. The van der Waals surface area contributed by atoms with Crippen LogP contribution in [0.5, 0.6) is 0 Å². The standard InChI is InChI=1S/C5H9N2S/c1-2-7(8)4-3-6-5-7/h3-5,8H,2H2,1H3/q+1. The summed E-state index contributed by atoms with van der Waals surface area (Å²) in [6.07, 6.45) is 5.49. The van der Waals surface area contributed by atoms with Crippen molar-refractivity contribution >= 4 is 19.2 Å². The van der Waals surface area contributed by atoms with Crippen LogP contribution in [-0.2, 0) is 0 Å². The molecule has 0 spiro atoms. The monoisotopic (exact) mass is 129 g/mol. The predicted octanol–water partition coefficient (Wildman–Crippen LogP) is 1.18. The molecule has 0 radical (unpaired) electrons. The lowest BCUT2D eigenvalue weighted by Gasteiger charge is -2.14. The zero-order chi connectivity index (χ0) is 6.04. The fraction of sp³-hybridized carbons (Fsp3) is 0.400. The summed E-state index contributed by atoms with van der Waals surface area (Å²) in [7, 11) is 0. The van der Waals surface area contributed by atoms with Gasteiger partial charge >= 0.3 is 0 Å². The van der Waals surface area contributed by atoms with E-state index in [4.69, 9.17) is 0 Å². The summed E-state index contributed by atoms with van der Waals surface area (Å²) in [4.78, 5) is 3.90. The van der Waals surface area contributed by atoms with E-state index in [0.29, 0.717) is 3.89 Å². The molecule has 0 N–H and O–H groups in total. The lowest BCUT2D eigenvalue weighted by molar-refractivity contribution is -0.618. The Bertz CT molecular complexity index is 127. The smallest absolute Gasteiger partial charge is 0.205 e. The summed E-state index contributed by atoms with van der Waals surface area (Å²) in [5, 5.41) is 0. The van der Waals surface area contributed by atoms with Gasteiger partial charge in [0.1, 0.15) is 6.20 Å². The number of quaternary nitrogens is 1. The summed E-state index contributed by atoms with van der Waals surface area (Å²) in [6, 6.07) is 0. The number of aliphatic imine (C=N–C) groups is 1. The molecule has 44 valence electrons. The fourth-order valence-electron chi connectivity index (χ4n) is 0.533. The highest BCUT2D eigenvalue weighted by molar-refractivity contribution is 7.74. The number of rotatable bonds is 1. The molecule has 1 rings (SSSR count). The minimum atomic E-state index is 0.542. The van der Waals surface area contributed by atoms with Gasteiger partial charge in [-0.25, -0.2) is 4.99 Å². The Kier molecular flexibility index (Phi) is 1.40. The molecule has 0 aromatic rings. The van der Waals surface area contributed by atoms with Gasteiger partial charge in [-0.1, -0.05) is 0 Å². The summed E-state index contributed by atoms with van der Waals surface area (Å²) >= 11 is 4.28. The zero-order valence-electron chi connectivity index (χ0n) is 4.78. The van der Waals surface area contributed by atoms with Crippen LogP contribution in [0.2, 0.25) is 0 Å². The van der Waals surface area contributed by atoms with Crippen molar-refractivity contribution in [1.29, 1.82) is 0 Å². The minimum absolute atomic E-state index is 0.542. The molecule has 0 aromatic heterocycles. The van der Waals surface area contributed by atoms with E-state index in [1.165, 1.54) is 0 Å². The molecule has 0 aromatic carbocycles. The van der Waals surface area contributed by atoms with Gasteiger partial charge in [-0.2, -0.15) is 3.89 Å². The molecule has 8 heavy (non-hydrogen) atoms. The van der Waals surface area contributed by atoms with Crippen molar-refractivity contribution in [1.82, 2.24) is 0 Å². The summed E-state index contributed by atoms with van der Waals surface area (Å²) in [5.41, 5.74) is 0. The van der Waals surface area contributed by atoms with E-state index >= 15 is 0 Å². The van der Waals surface area contributed by atoms with Crippen LogP contribution in [0.15, 0.2) is 17.4 Å². The minimum Gasteiger partial charge on any atom is -0.205 e. The lowest BCUT2D eigenvalue weighted by atomic mass is 10.6. The second-order valence-corrected chi connectivity index (χ2v) is 2.51. The number of hydrogen-bond acceptors (Lipinski definition) is 2. The molecule has 1 atom stereocenters. The third kappa shape index (κ3) is 0.928. The van der Waals surface area contributed by atoms with Crippen LogP contribution in [0.1, 0.15) is 6.92 Å². The predicted molar refractivity (Wildman–Crippen MR) is 37.4 cm³/mol. The van der Waals surface area contributed by atoms with Crippen LogP contribution in [0.3, 0.4) is 0 Å². The van der Waals surface area contributed by atoms with Crippen molar-refractivity contribution in [3.8, 4) is 0 Å². The van der Waals surface area contributed by atoms with Gasteiger partial charge in [0.25, 0.3) is 0 Å². The van der Waals surface area contributed by atoms with E-state index in [9.17, 15) is 0 Å². The van der Waals surface area contributed by atoms with Crippen LogP contribution >= 0.6 is 12.8 Å². The average molecular weight is 129 g/mol. The Labute approximate surface area is 54.7 Å². The normalized spacial score (nSPS) is 34.2. The third-order valence-electron chi connectivity index (χ3n) is 1.18. The molecule has 1 aliphatic rings. The summed E-state index contributed by atoms with van der Waals surface area (Å²) in [5.74, 6) is 0. The molecule has 2 nitrogen and oxygen atoms in total. The number of hydrogen-bond donors (Lipinski definition) is 1. The highest BCUT2D eigenvalue weighted by Gasteiger charge is 2.17. The summed E-state index contributed by atoms with van der Waals surface area (Å²) in [6.45, 7) is 3.01. The quantitative estimate of drug-likeness (QED) is 0.403. The second kappa shape index (κ2) is 1.91. The van der Waals surface area contributed by atoms with Gasteiger partial charge in [0.05, 0.1) is 25.6 Å². The van der Waals surface area contributed by atoms with E-state index in [-0.39, 0.29) is 0 Å². The maximum absolute atomic E-state index is 4.28. The molecule has 1 unspecified atom stereocenters. The van der Waals surface area contributed by atoms with E-state index in [0.717, 1.165) is 6.54 Å². The first-order chi connectivity index (χ1) is 3.77. The topological polar surface area (TPSA) is 12.4 Å². The second-order valence-electron chi connectivity index (χ2n) is 1.77. The third-order valence-corrected chi connectivity index (χ3v) is 1.70. The van der Waals surface area contributed by atoms with Gasteiger partial charge in [0.15, 0.2) is 0 Å². The maximum Gasteiger partial charge on any atom is 0.206 e. The van der Waals surface area contributed by atoms with Crippen molar-refractivity contribution < 1.29 is 3.89 Å². The van der Waals surface area contributed by atoms with Gasteiger partial charge in [-0.3, -0.25) is 0 Å². The molecule has 1 aliphatic heterocycles. The molecule has 3 heteroatoms. The Hall–Kier alpha value is -0.280. The molecule has 0 saturated heterocycles. The summed E-state index contributed by atoms with van der Waals surface area (Å²) < 4.78 is 0.542. The van der Waals surface area contributed by atoms with Crippen LogP contribution in [0.4, 0.5) is 0 Å². The lowest BCUT2D eigenvalue weighted by Crippen LogP contribution is -2.27. The number of nitrogens with zero attached hydrogens (tertiary/aromatic N) is 2. The van der Waals surface area contributed by atoms with E-state index in [2.05, 4.69) is 24.7 Å². The van der Waals surface area contributed by atoms with E-state index in [1.54, 1.807) is 12.5 Å². The van der Waals surface area contributed by atoms with Gasteiger partial charge in [-0.05, 0) is 6.92 Å². The largest absolute Gasteiger partial charge is 0.206 e. The Morgan fingerprint density at radius 1 is 1.75 bits per heavy atom. The SMILES string of the molecule is CC[N+]1(S)C=CN=C1. The van der Waals surface area contributed by atoms with Gasteiger partial charge in [0.2, 0.25) is 6.34 Å². The molecule has 0 amide bonds. The van der Waals surface area contributed by atoms with E-state index < -0.39 is 0 Å². The molecule has 0 saturated carbocycles. The van der Waals surface area contributed by atoms with Gasteiger partial charge in [0, 0.05) is 0 Å². The molecular weight excluding hydrogens is 120 g/mol. The molecular formula is C5H9N2S+. The van der Waals surface area contributed by atoms with Crippen LogP contribution in [0.25, 0.3) is 0 Å². The first-order valence-corrected chi connectivity index (χ1v) is 2.99. The number of thiol groups is 1. The van der Waals surface area contributed by atoms with Crippen LogP contribution in [-0.4, -0.2) is 16.8 Å².